The van der Waals surface area contributed by atoms with Crippen LogP contribution in [-0.4, -0.2) is 41.7 Å². The lowest BCUT2D eigenvalue weighted by molar-refractivity contribution is -0.139. The number of likely N-dealkylation sites (N-methyl/N-ethyl adjacent to an activating group) is 1. The van der Waals surface area contributed by atoms with Crippen molar-refractivity contribution in [3.05, 3.63) is 0 Å². The first-order valence-electron chi connectivity index (χ1n) is 5.80. The molecule has 1 saturated carbocycles. The van der Waals surface area contributed by atoms with E-state index in [1.807, 2.05) is 7.05 Å². The third-order valence-electron chi connectivity index (χ3n) is 3.25. The zero-order chi connectivity index (χ0) is 11.3. The molecule has 0 saturated heterocycles. The van der Waals surface area contributed by atoms with Crippen molar-refractivity contribution in [1.29, 1.82) is 0 Å². The minimum Gasteiger partial charge on any atom is -0.480 e. The first kappa shape index (κ1) is 12.5. The van der Waals surface area contributed by atoms with Gasteiger partial charge < -0.3 is 15.7 Å². The predicted molar refractivity (Wildman–Crippen MR) is 59.7 cm³/mol. The summed E-state index contributed by atoms with van der Waals surface area (Å²) in [5.74, 6) is -0.907. The maximum Gasteiger partial charge on any atom is 0.321 e. The highest BCUT2D eigenvalue weighted by Crippen LogP contribution is 2.20. The van der Waals surface area contributed by atoms with Crippen molar-refractivity contribution in [2.24, 2.45) is 5.73 Å². The Morgan fingerprint density at radius 3 is 2.40 bits per heavy atom. The van der Waals surface area contributed by atoms with Crippen LogP contribution in [0.4, 0.5) is 0 Å². The summed E-state index contributed by atoms with van der Waals surface area (Å²) in [7, 11) is 1.98. The molecule has 0 aliphatic heterocycles. The first-order chi connectivity index (χ1) is 7.11. The normalized spacial score (nSPS) is 21.3. The molecule has 0 aromatic rings. The van der Waals surface area contributed by atoms with E-state index in [4.69, 9.17) is 10.8 Å². The number of carboxylic acids is 1. The van der Waals surface area contributed by atoms with Crippen molar-refractivity contribution in [3.8, 4) is 0 Å². The Bertz CT molecular complexity index is 201. The van der Waals surface area contributed by atoms with E-state index in [1.165, 1.54) is 38.5 Å². The summed E-state index contributed by atoms with van der Waals surface area (Å²) < 4.78 is 0. The van der Waals surface area contributed by atoms with Gasteiger partial charge in [0, 0.05) is 12.6 Å². The van der Waals surface area contributed by atoms with Crippen LogP contribution in [0, 0.1) is 0 Å². The van der Waals surface area contributed by atoms with Crippen molar-refractivity contribution < 1.29 is 9.90 Å². The number of nitrogens with two attached hydrogens (primary N) is 1. The number of carboxylic acid groups (broad SMARTS) is 1. The van der Waals surface area contributed by atoms with Gasteiger partial charge in [-0.1, -0.05) is 25.7 Å². The smallest absolute Gasteiger partial charge is 0.321 e. The highest BCUT2D eigenvalue weighted by atomic mass is 16.4. The molecule has 1 fully saturated rings. The van der Waals surface area contributed by atoms with E-state index in [2.05, 4.69) is 4.90 Å². The van der Waals surface area contributed by atoms with Crippen LogP contribution >= 0.6 is 0 Å². The van der Waals surface area contributed by atoms with Crippen LogP contribution < -0.4 is 5.73 Å². The summed E-state index contributed by atoms with van der Waals surface area (Å²) >= 11 is 0. The quantitative estimate of drug-likeness (QED) is 0.687. The lowest BCUT2D eigenvalue weighted by Gasteiger charge is -2.28. The highest BCUT2D eigenvalue weighted by molar-refractivity contribution is 5.73. The highest BCUT2D eigenvalue weighted by Gasteiger charge is 2.21. The zero-order valence-corrected chi connectivity index (χ0v) is 9.48. The minimum atomic E-state index is -0.907. The predicted octanol–water partition coefficient (Wildman–Crippen LogP) is 1.05. The van der Waals surface area contributed by atoms with Crippen LogP contribution in [0.15, 0.2) is 0 Å². The summed E-state index contributed by atoms with van der Waals surface area (Å²) in [5.41, 5.74) is 5.52. The molecule has 0 amide bonds. The Labute approximate surface area is 91.4 Å². The standard InChI is InChI=1S/C11H22N2O2/c1-13(8-10(12)11(14)15)9-6-4-2-3-5-7-9/h9-10H,2-8,12H2,1H3,(H,14,15). The number of hydrogen-bond donors (Lipinski definition) is 2. The summed E-state index contributed by atoms with van der Waals surface area (Å²) in [4.78, 5) is 12.7. The topological polar surface area (TPSA) is 66.6 Å². The lowest BCUT2D eigenvalue weighted by Crippen LogP contribution is -2.44. The van der Waals surface area contributed by atoms with E-state index in [0.717, 1.165) is 0 Å². The first-order valence-corrected chi connectivity index (χ1v) is 5.80. The molecule has 15 heavy (non-hydrogen) atoms. The van der Waals surface area contributed by atoms with Gasteiger partial charge in [0.05, 0.1) is 0 Å². The summed E-state index contributed by atoms with van der Waals surface area (Å²) in [5, 5.41) is 8.73. The second kappa shape index (κ2) is 6.08. The molecular formula is C11H22N2O2. The van der Waals surface area contributed by atoms with Gasteiger partial charge in [0.25, 0.3) is 0 Å². The molecule has 1 atom stereocenters. The number of rotatable bonds is 4. The van der Waals surface area contributed by atoms with E-state index in [9.17, 15) is 4.79 Å². The van der Waals surface area contributed by atoms with Crippen LogP contribution in [0.2, 0.25) is 0 Å². The van der Waals surface area contributed by atoms with Gasteiger partial charge in [-0.2, -0.15) is 0 Å². The van der Waals surface area contributed by atoms with Crippen LogP contribution in [0.5, 0.6) is 0 Å². The van der Waals surface area contributed by atoms with Crippen molar-refractivity contribution in [3.63, 3.8) is 0 Å². The largest absolute Gasteiger partial charge is 0.480 e. The van der Waals surface area contributed by atoms with Gasteiger partial charge in [0.1, 0.15) is 6.04 Å². The van der Waals surface area contributed by atoms with Crippen molar-refractivity contribution in [1.82, 2.24) is 4.90 Å². The molecular weight excluding hydrogens is 192 g/mol. The van der Waals surface area contributed by atoms with Crippen molar-refractivity contribution in [2.75, 3.05) is 13.6 Å². The van der Waals surface area contributed by atoms with E-state index in [-0.39, 0.29) is 0 Å². The second-order valence-corrected chi connectivity index (χ2v) is 4.53. The Hall–Kier alpha value is -0.610. The Balaban J connectivity index is 2.37. The molecule has 1 aliphatic rings. The number of aliphatic carboxylic acids is 1. The maximum absolute atomic E-state index is 10.6. The number of hydrogen-bond acceptors (Lipinski definition) is 3. The Morgan fingerprint density at radius 1 is 1.40 bits per heavy atom. The van der Waals surface area contributed by atoms with Crippen molar-refractivity contribution in [2.45, 2.75) is 50.6 Å². The van der Waals surface area contributed by atoms with Crippen LogP contribution in [0.3, 0.4) is 0 Å². The molecule has 1 unspecified atom stereocenters. The zero-order valence-electron chi connectivity index (χ0n) is 9.48. The molecule has 0 spiro atoms. The van der Waals surface area contributed by atoms with E-state index < -0.39 is 12.0 Å². The molecule has 3 N–H and O–H groups in total. The van der Waals surface area contributed by atoms with Gasteiger partial charge in [0.15, 0.2) is 0 Å². The average Bonchev–Trinajstić information content (AvgIpc) is 2.45. The molecule has 1 rings (SSSR count). The minimum absolute atomic E-state index is 0.458. The summed E-state index contributed by atoms with van der Waals surface area (Å²) in [6.07, 6.45) is 7.52. The molecule has 4 heteroatoms. The molecule has 0 aromatic carbocycles. The van der Waals surface area contributed by atoms with Crippen LogP contribution in [0.25, 0.3) is 0 Å². The molecule has 0 aromatic heterocycles. The summed E-state index contributed by atoms with van der Waals surface area (Å²) in [6, 6.07) is -0.226. The third kappa shape index (κ3) is 4.18. The summed E-state index contributed by atoms with van der Waals surface area (Å²) in [6.45, 7) is 0.458. The molecule has 4 nitrogen and oxygen atoms in total. The fourth-order valence-corrected chi connectivity index (χ4v) is 2.24. The van der Waals surface area contributed by atoms with Crippen LogP contribution in [-0.2, 0) is 4.79 Å². The van der Waals surface area contributed by atoms with Crippen molar-refractivity contribution >= 4 is 5.97 Å². The molecule has 0 heterocycles. The monoisotopic (exact) mass is 214 g/mol. The van der Waals surface area contributed by atoms with E-state index in [1.54, 1.807) is 0 Å². The van der Waals surface area contributed by atoms with E-state index >= 15 is 0 Å². The molecule has 1 aliphatic carbocycles. The number of nitrogens with zero attached hydrogens (tertiary/aromatic N) is 1. The second-order valence-electron chi connectivity index (χ2n) is 4.53. The SMILES string of the molecule is CN(CC(N)C(=O)O)C1CCCCCC1. The molecule has 0 bridgehead atoms. The fourth-order valence-electron chi connectivity index (χ4n) is 2.24. The Kier molecular flexibility index (Phi) is 5.05. The average molecular weight is 214 g/mol. The van der Waals surface area contributed by atoms with Gasteiger partial charge in [-0.25, -0.2) is 0 Å². The van der Waals surface area contributed by atoms with E-state index in [0.29, 0.717) is 12.6 Å². The lowest BCUT2D eigenvalue weighted by atomic mass is 10.1. The van der Waals surface area contributed by atoms with Gasteiger partial charge in [-0.05, 0) is 19.9 Å². The maximum atomic E-state index is 10.6. The molecule has 88 valence electrons. The third-order valence-corrected chi connectivity index (χ3v) is 3.25. The van der Waals surface area contributed by atoms with Gasteiger partial charge >= 0.3 is 5.97 Å². The number of carbonyl (C=O) groups is 1. The van der Waals surface area contributed by atoms with Gasteiger partial charge in [-0.15, -0.1) is 0 Å². The van der Waals surface area contributed by atoms with Gasteiger partial charge in [-0.3, -0.25) is 4.79 Å². The fraction of sp³-hybridized carbons (Fsp3) is 0.909. The van der Waals surface area contributed by atoms with Gasteiger partial charge in [0.2, 0.25) is 0 Å². The Morgan fingerprint density at radius 2 is 1.93 bits per heavy atom. The molecule has 0 radical (unpaired) electrons. The van der Waals surface area contributed by atoms with Crippen LogP contribution in [0.1, 0.15) is 38.5 Å².